The fourth-order valence-electron chi connectivity index (χ4n) is 1.52. The van der Waals surface area contributed by atoms with Crippen LogP contribution >= 0.6 is 22.9 Å². The van der Waals surface area contributed by atoms with E-state index in [2.05, 4.69) is 0 Å². The van der Waals surface area contributed by atoms with Crippen LogP contribution < -0.4 is 0 Å². The van der Waals surface area contributed by atoms with Crippen LogP contribution in [0.15, 0.2) is 35.7 Å². The number of aliphatic hydroxyl groups excluding tert-OH is 1. The lowest BCUT2D eigenvalue weighted by molar-refractivity contribution is 0.151. The average Bonchev–Trinajstić information content (AvgIpc) is 2.74. The second kappa shape index (κ2) is 5.12. The first-order chi connectivity index (χ1) is 8.09. The molecule has 1 nitrogen and oxygen atoms in total. The van der Waals surface area contributed by atoms with Crippen molar-refractivity contribution in [3.8, 4) is 0 Å². The van der Waals surface area contributed by atoms with E-state index in [4.69, 9.17) is 11.6 Å². The second-order valence-corrected chi connectivity index (χ2v) is 4.86. The standard InChI is InChI=1S/C12H9ClF2OS/c13-9-4-5-17-11(9)10(16)7-2-1-3-8(6-7)12(14)15/h1-6,10,12,16H. The van der Waals surface area contributed by atoms with Gasteiger partial charge in [0.25, 0.3) is 6.43 Å². The average molecular weight is 275 g/mol. The van der Waals surface area contributed by atoms with Crippen molar-refractivity contribution in [3.05, 3.63) is 56.7 Å². The molecule has 0 radical (unpaired) electrons. The van der Waals surface area contributed by atoms with Crippen LogP contribution in [0.1, 0.15) is 28.5 Å². The highest BCUT2D eigenvalue weighted by molar-refractivity contribution is 7.10. The molecule has 0 aliphatic rings. The lowest BCUT2D eigenvalue weighted by atomic mass is 10.1. The minimum atomic E-state index is -2.54. The van der Waals surface area contributed by atoms with E-state index in [1.54, 1.807) is 17.5 Å². The Labute approximate surface area is 106 Å². The first-order valence-electron chi connectivity index (χ1n) is 4.88. The van der Waals surface area contributed by atoms with Crippen LogP contribution in [0.2, 0.25) is 5.02 Å². The predicted molar refractivity (Wildman–Crippen MR) is 64.8 cm³/mol. The van der Waals surface area contributed by atoms with Gasteiger partial charge in [-0.25, -0.2) is 8.78 Å². The van der Waals surface area contributed by atoms with Crippen molar-refractivity contribution >= 4 is 22.9 Å². The van der Waals surface area contributed by atoms with Gasteiger partial charge in [0, 0.05) is 5.56 Å². The van der Waals surface area contributed by atoms with E-state index in [1.165, 1.54) is 29.5 Å². The van der Waals surface area contributed by atoms with E-state index < -0.39 is 12.5 Å². The number of aliphatic hydroxyl groups is 1. The second-order valence-electron chi connectivity index (χ2n) is 3.51. The third kappa shape index (κ3) is 2.65. The van der Waals surface area contributed by atoms with Crippen LogP contribution in [-0.2, 0) is 0 Å². The van der Waals surface area contributed by atoms with Gasteiger partial charge in [-0.2, -0.15) is 0 Å². The van der Waals surface area contributed by atoms with Crippen molar-refractivity contribution in [2.45, 2.75) is 12.5 Å². The SMILES string of the molecule is OC(c1cccc(C(F)F)c1)c1sccc1Cl. The van der Waals surface area contributed by atoms with Gasteiger partial charge in [0.2, 0.25) is 0 Å². The normalized spacial score (nSPS) is 13.0. The number of halogens is 3. The number of thiophene rings is 1. The van der Waals surface area contributed by atoms with Gasteiger partial charge < -0.3 is 5.11 Å². The Bertz CT molecular complexity index is 513. The third-order valence-corrected chi connectivity index (χ3v) is 3.78. The summed E-state index contributed by atoms with van der Waals surface area (Å²) in [5.41, 5.74) is 0.321. The molecule has 0 bridgehead atoms. The predicted octanol–water partition coefficient (Wildman–Crippen LogP) is 4.42. The summed E-state index contributed by atoms with van der Waals surface area (Å²) in [5.74, 6) is 0. The van der Waals surface area contributed by atoms with Crippen molar-refractivity contribution in [1.29, 1.82) is 0 Å². The zero-order valence-corrected chi connectivity index (χ0v) is 10.2. The zero-order valence-electron chi connectivity index (χ0n) is 8.61. The van der Waals surface area contributed by atoms with Crippen LogP contribution in [0, 0.1) is 0 Å². The molecular formula is C12H9ClF2OS. The lowest BCUT2D eigenvalue weighted by Crippen LogP contribution is -1.99. The summed E-state index contributed by atoms with van der Waals surface area (Å²) in [6, 6.07) is 7.40. The monoisotopic (exact) mass is 274 g/mol. The summed E-state index contributed by atoms with van der Waals surface area (Å²) in [4.78, 5) is 0.568. The molecule has 2 aromatic rings. The van der Waals surface area contributed by atoms with Crippen LogP contribution in [0.4, 0.5) is 8.78 Å². The molecule has 0 fully saturated rings. The fraction of sp³-hybridized carbons (Fsp3) is 0.167. The summed E-state index contributed by atoms with van der Waals surface area (Å²) >= 11 is 7.19. The molecule has 1 N–H and O–H groups in total. The molecular weight excluding hydrogens is 266 g/mol. The summed E-state index contributed by atoms with van der Waals surface area (Å²) in [6.45, 7) is 0. The number of hydrogen-bond acceptors (Lipinski definition) is 2. The Hall–Kier alpha value is -0.970. The van der Waals surface area contributed by atoms with Crippen molar-refractivity contribution in [1.82, 2.24) is 0 Å². The summed E-state index contributed by atoms with van der Waals surface area (Å²) in [5, 5.41) is 12.2. The van der Waals surface area contributed by atoms with E-state index >= 15 is 0 Å². The molecule has 0 spiro atoms. The van der Waals surface area contributed by atoms with Gasteiger partial charge in [0.15, 0.2) is 0 Å². The van der Waals surface area contributed by atoms with E-state index in [1.807, 2.05) is 0 Å². The number of benzene rings is 1. The molecule has 1 atom stereocenters. The van der Waals surface area contributed by atoms with E-state index in [0.717, 1.165) is 0 Å². The highest BCUT2D eigenvalue weighted by atomic mass is 35.5. The Balaban J connectivity index is 2.34. The van der Waals surface area contributed by atoms with Gasteiger partial charge >= 0.3 is 0 Å². The smallest absolute Gasteiger partial charge is 0.263 e. The maximum atomic E-state index is 12.5. The number of alkyl halides is 2. The van der Waals surface area contributed by atoms with Gasteiger partial charge in [-0.05, 0) is 23.1 Å². The molecule has 90 valence electrons. The minimum Gasteiger partial charge on any atom is -0.383 e. The van der Waals surface area contributed by atoms with Crippen molar-refractivity contribution in [2.75, 3.05) is 0 Å². The molecule has 0 aliphatic carbocycles. The Kier molecular flexibility index (Phi) is 3.76. The Morgan fingerprint density at radius 1 is 1.18 bits per heavy atom. The first-order valence-corrected chi connectivity index (χ1v) is 6.14. The van der Waals surface area contributed by atoms with Crippen molar-refractivity contribution in [3.63, 3.8) is 0 Å². The third-order valence-electron chi connectivity index (χ3n) is 2.37. The van der Waals surface area contributed by atoms with Gasteiger partial charge in [-0.15, -0.1) is 11.3 Å². The summed E-state index contributed by atoms with van der Waals surface area (Å²) < 4.78 is 25.1. The Morgan fingerprint density at radius 2 is 1.88 bits per heavy atom. The summed E-state index contributed by atoms with van der Waals surface area (Å²) in [7, 11) is 0. The molecule has 1 unspecified atom stereocenters. The number of rotatable bonds is 3. The maximum absolute atomic E-state index is 12.5. The quantitative estimate of drug-likeness (QED) is 0.878. The molecule has 1 aromatic carbocycles. The van der Waals surface area contributed by atoms with Crippen LogP contribution in [0.5, 0.6) is 0 Å². The van der Waals surface area contributed by atoms with E-state index in [-0.39, 0.29) is 5.56 Å². The Morgan fingerprint density at radius 3 is 2.47 bits per heavy atom. The van der Waals surface area contributed by atoms with Crippen molar-refractivity contribution < 1.29 is 13.9 Å². The van der Waals surface area contributed by atoms with Crippen LogP contribution in [-0.4, -0.2) is 5.11 Å². The topological polar surface area (TPSA) is 20.2 Å². The first kappa shape index (κ1) is 12.5. The van der Waals surface area contributed by atoms with E-state index in [9.17, 15) is 13.9 Å². The van der Waals surface area contributed by atoms with Crippen molar-refractivity contribution in [2.24, 2.45) is 0 Å². The molecule has 2 rings (SSSR count). The molecule has 0 saturated heterocycles. The van der Waals surface area contributed by atoms with Crippen LogP contribution in [0.25, 0.3) is 0 Å². The molecule has 17 heavy (non-hydrogen) atoms. The molecule has 0 saturated carbocycles. The molecule has 0 amide bonds. The molecule has 1 aromatic heterocycles. The lowest BCUT2D eigenvalue weighted by Gasteiger charge is -2.11. The molecule has 0 aliphatic heterocycles. The minimum absolute atomic E-state index is 0.103. The van der Waals surface area contributed by atoms with Gasteiger partial charge in [0.05, 0.1) is 9.90 Å². The molecule has 1 heterocycles. The maximum Gasteiger partial charge on any atom is 0.263 e. The zero-order chi connectivity index (χ0) is 12.4. The van der Waals surface area contributed by atoms with Gasteiger partial charge in [-0.3, -0.25) is 0 Å². The highest BCUT2D eigenvalue weighted by Gasteiger charge is 2.17. The van der Waals surface area contributed by atoms with Gasteiger partial charge in [0.1, 0.15) is 6.10 Å². The molecule has 5 heteroatoms. The fourth-order valence-corrected chi connectivity index (χ4v) is 2.69. The largest absolute Gasteiger partial charge is 0.383 e. The summed E-state index contributed by atoms with van der Waals surface area (Å²) in [6.07, 6.45) is -3.50. The van der Waals surface area contributed by atoms with Gasteiger partial charge in [-0.1, -0.05) is 29.8 Å². The highest BCUT2D eigenvalue weighted by Crippen LogP contribution is 2.33. The van der Waals surface area contributed by atoms with E-state index in [0.29, 0.717) is 15.5 Å². The van der Waals surface area contributed by atoms with Crippen LogP contribution in [0.3, 0.4) is 0 Å². The number of hydrogen-bond donors (Lipinski definition) is 1.